The van der Waals surface area contributed by atoms with Crippen LogP contribution in [0.3, 0.4) is 0 Å². The number of carbonyl (C=O) groups excluding carboxylic acids is 3. The zero-order valence-corrected chi connectivity index (χ0v) is 20.3. The number of aromatic nitrogens is 1. The van der Waals surface area contributed by atoms with E-state index in [4.69, 9.17) is 11.6 Å². The lowest BCUT2D eigenvalue weighted by atomic mass is 9.99. The van der Waals surface area contributed by atoms with Crippen LogP contribution >= 0.6 is 23.4 Å². The van der Waals surface area contributed by atoms with E-state index >= 15 is 0 Å². The van der Waals surface area contributed by atoms with E-state index in [-0.39, 0.29) is 23.6 Å². The minimum Gasteiger partial charge on any atom is -0.341 e. The lowest BCUT2D eigenvalue weighted by Gasteiger charge is -2.30. The lowest BCUT2D eigenvalue weighted by Crippen LogP contribution is -2.39. The van der Waals surface area contributed by atoms with Crippen molar-refractivity contribution in [1.29, 1.82) is 0 Å². The van der Waals surface area contributed by atoms with Crippen LogP contribution in [0.4, 0.5) is 10.5 Å². The van der Waals surface area contributed by atoms with Crippen molar-refractivity contribution in [3.05, 3.63) is 70.2 Å². The van der Waals surface area contributed by atoms with Crippen molar-refractivity contribution in [2.75, 3.05) is 18.0 Å². The third kappa shape index (κ3) is 4.38. The molecule has 0 N–H and O–H groups in total. The minimum atomic E-state index is -0.382. The maximum absolute atomic E-state index is 13.1. The topological polar surface area (TPSA) is 62.6 Å². The van der Waals surface area contributed by atoms with Gasteiger partial charge in [0, 0.05) is 40.8 Å². The molecule has 8 heteroatoms. The molecule has 3 aromatic rings. The van der Waals surface area contributed by atoms with Gasteiger partial charge in [0.1, 0.15) is 6.54 Å². The quantitative estimate of drug-likeness (QED) is 0.431. The van der Waals surface area contributed by atoms with Crippen LogP contribution in [0.15, 0.2) is 59.6 Å². The Bertz CT molecular complexity index is 1320. The zero-order chi connectivity index (χ0) is 23.8. The van der Waals surface area contributed by atoms with Gasteiger partial charge in [-0.1, -0.05) is 42.8 Å². The Labute approximate surface area is 207 Å². The maximum atomic E-state index is 13.1. The molecule has 0 radical (unpaired) electrons. The second-order valence-corrected chi connectivity index (χ2v) is 10.2. The molecule has 0 aliphatic carbocycles. The first-order valence-electron chi connectivity index (χ1n) is 11.3. The lowest BCUT2D eigenvalue weighted by molar-refractivity contribution is -0.133. The van der Waals surface area contributed by atoms with E-state index in [1.807, 2.05) is 39.9 Å². The predicted molar refractivity (Wildman–Crippen MR) is 137 cm³/mol. The van der Waals surface area contributed by atoms with Gasteiger partial charge in [-0.25, -0.2) is 4.90 Å². The SMILES string of the molecule is CC1CCN(C(=O)Cn2cc(/C=C3\SC(=O)N(c4cccc(Cl)c4)C3=O)c3ccccc32)CC1. The van der Waals surface area contributed by atoms with Crippen LogP contribution in [0.2, 0.25) is 5.02 Å². The largest absolute Gasteiger partial charge is 0.341 e. The van der Waals surface area contributed by atoms with Crippen LogP contribution in [-0.4, -0.2) is 39.6 Å². The molecular formula is C26H24ClN3O3S. The second-order valence-electron chi connectivity index (χ2n) is 8.79. The number of benzene rings is 2. The van der Waals surface area contributed by atoms with E-state index in [2.05, 4.69) is 6.92 Å². The molecule has 174 valence electrons. The van der Waals surface area contributed by atoms with Gasteiger partial charge in [-0.05, 0) is 60.9 Å². The Morgan fingerprint density at radius 3 is 2.65 bits per heavy atom. The third-order valence-electron chi connectivity index (χ3n) is 6.41. The predicted octanol–water partition coefficient (Wildman–Crippen LogP) is 5.79. The number of amides is 3. The van der Waals surface area contributed by atoms with Crippen molar-refractivity contribution in [2.24, 2.45) is 5.92 Å². The summed E-state index contributed by atoms with van der Waals surface area (Å²) in [6.45, 7) is 4.06. The van der Waals surface area contributed by atoms with E-state index < -0.39 is 0 Å². The molecule has 3 heterocycles. The van der Waals surface area contributed by atoms with Crippen molar-refractivity contribution in [3.8, 4) is 0 Å². The van der Waals surface area contributed by atoms with Crippen LogP contribution in [0.5, 0.6) is 0 Å². The molecule has 2 saturated heterocycles. The number of hydrogen-bond donors (Lipinski definition) is 0. The highest BCUT2D eigenvalue weighted by atomic mass is 35.5. The summed E-state index contributed by atoms with van der Waals surface area (Å²) in [4.78, 5) is 42.1. The number of thioether (sulfide) groups is 1. The smallest absolute Gasteiger partial charge is 0.298 e. The normalized spacial score (nSPS) is 18.5. The van der Waals surface area contributed by atoms with Gasteiger partial charge in [0.25, 0.3) is 11.1 Å². The number of nitrogens with zero attached hydrogens (tertiary/aromatic N) is 3. The minimum absolute atomic E-state index is 0.0977. The number of carbonyl (C=O) groups is 3. The Kier molecular flexibility index (Phi) is 6.23. The molecule has 2 aliphatic heterocycles. The zero-order valence-electron chi connectivity index (χ0n) is 18.7. The summed E-state index contributed by atoms with van der Waals surface area (Å²) in [5.74, 6) is 0.374. The fourth-order valence-corrected chi connectivity index (χ4v) is 5.49. The number of anilines is 1. The number of likely N-dealkylation sites (tertiary alicyclic amines) is 1. The first-order valence-corrected chi connectivity index (χ1v) is 12.5. The van der Waals surface area contributed by atoms with Crippen LogP contribution in [0.1, 0.15) is 25.3 Å². The molecule has 1 aromatic heterocycles. The average Bonchev–Trinajstić information content (AvgIpc) is 3.30. The van der Waals surface area contributed by atoms with E-state index in [9.17, 15) is 14.4 Å². The number of rotatable bonds is 4. The van der Waals surface area contributed by atoms with E-state index in [1.54, 1.807) is 30.3 Å². The molecule has 0 atom stereocenters. The van der Waals surface area contributed by atoms with Crippen LogP contribution in [0.25, 0.3) is 17.0 Å². The van der Waals surface area contributed by atoms with Crippen molar-refractivity contribution in [1.82, 2.24) is 9.47 Å². The molecule has 6 nitrogen and oxygen atoms in total. The van der Waals surface area contributed by atoms with E-state index in [1.165, 1.54) is 0 Å². The highest BCUT2D eigenvalue weighted by molar-refractivity contribution is 8.19. The van der Waals surface area contributed by atoms with Crippen molar-refractivity contribution in [2.45, 2.75) is 26.3 Å². The maximum Gasteiger partial charge on any atom is 0.298 e. The molecule has 0 bridgehead atoms. The number of halogens is 1. The van der Waals surface area contributed by atoms with Crippen LogP contribution in [-0.2, 0) is 16.1 Å². The first-order chi connectivity index (χ1) is 16.4. The summed E-state index contributed by atoms with van der Waals surface area (Å²) in [6, 6.07) is 14.5. The Morgan fingerprint density at radius 1 is 1.12 bits per heavy atom. The van der Waals surface area contributed by atoms with Crippen LogP contribution < -0.4 is 4.90 Å². The Morgan fingerprint density at radius 2 is 1.88 bits per heavy atom. The van der Waals surface area contributed by atoms with Gasteiger partial charge in [-0.2, -0.15) is 0 Å². The molecule has 2 aromatic carbocycles. The van der Waals surface area contributed by atoms with Crippen molar-refractivity contribution < 1.29 is 14.4 Å². The molecular weight excluding hydrogens is 470 g/mol. The summed E-state index contributed by atoms with van der Waals surface area (Å²) in [7, 11) is 0. The highest BCUT2D eigenvalue weighted by Gasteiger charge is 2.36. The van der Waals surface area contributed by atoms with Gasteiger partial charge in [-0.15, -0.1) is 0 Å². The molecule has 34 heavy (non-hydrogen) atoms. The van der Waals surface area contributed by atoms with E-state index in [0.717, 1.165) is 59.1 Å². The summed E-state index contributed by atoms with van der Waals surface area (Å²) in [5.41, 5.74) is 2.16. The summed E-state index contributed by atoms with van der Waals surface area (Å²) < 4.78 is 1.93. The summed E-state index contributed by atoms with van der Waals surface area (Å²) >= 11 is 6.96. The van der Waals surface area contributed by atoms with Gasteiger partial charge in [0.2, 0.25) is 5.91 Å². The first kappa shape index (κ1) is 22.7. The van der Waals surface area contributed by atoms with E-state index in [0.29, 0.717) is 21.5 Å². The molecule has 2 aliphatic rings. The number of para-hydroxylation sites is 1. The Balaban J connectivity index is 1.44. The monoisotopic (exact) mass is 493 g/mol. The van der Waals surface area contributed by atoms with Gasteiger partial charge >= 0.3 is 0 Å². The molecule has 0 saturated carbocycles. The Hall–Kier alpha value is -3.03. The van der Waals surface area contributed by atoms with Crippen molar-refractivity contribution >= 4 is 63.1 Å². The number of imide groups is 1. The van der Waals surface area contributed by atoms with Gasteiger partial charge in [0.15, 0.2) is 0 Å². The van der Waals surface area contributed by atoms with Gasteiger partial charge in [-0.3, -0.25) is 14.4 Å². The standard InChI is InChI=1S/C26H24ClN3O3S/c1-17-9-11-28(12-10-17)24(31)16-29-15-18(21-7-2-3-8-22(21)29)13-23-25(32)30(26(33)34-23)20-6-4-5-19(27)14-20/h2-8,13-15,17H,9-12,16H2,1H3/b23-13-. The fourth-order valence-electron chi connectivity index (χ4n) is 4.47. The molecule has 3 amide bonds. The highest BCUT2D eigenvalue weighted by Crippen LogP contribution is 2.37. The van der Waals surface area contributed by atoms with Crippen LogP contribution in [0, 0.1) is 5.92 Å². The molecule has 5 rings (SSSR count). The molecule has 0 spiro atoms. The summed E-state index contributed by atoms with van der Waals surface area (Å²) in [6.07, 6.45) is 5.70. The molecule has 2 fully saturated rings. The molecule has 0 unspecified atom stereocenters. The third-order valence-corrected chi connectivity index (χ3v) is 7.51. The fraction of sp³-hybridized carbons (Fsp3) is 0.269. The number of fused-ring (bicyclic) bond motifs is 1. The number of hydrogen-bond acceptors (Lipinski definition) is 4. The average molecular weight is 494 g/mol. The van der Waals surface area contributed by atoms with Gasteiger partial charge < -0.3 is 9.47 Å². The second kappa shape index (κ2) is 9.31. The summed E-state index contributed by atoms with van der Waals surface area (Å²) in [5, 5.41) is 1.02. The van der Waals surface area contributed by atoms with Gasteiger partial charge in [0.05, 0.1) is 10.6 Å². The number of piperidine rings is 1. The van der Waals surface area contributed by atoms with Crippen molar-refractivity contribution in [3.63, 3.8) is 0 Å².